The lowest BCUT2D eigenvalue weighted by Gasteiger charge is -2.23. The number of hydrogen-bond acceptors (Lipinski definition) is 1. The van der Waals surface area contributed by atoms with Gasteiger partial charge in [-0.1, -0.05) is 6.92 Å². The Hall–Kier alpha value is -0.110. The molecule has 1 aliphatic rings. The molecule has 60 valence electrons. The Morgan fingerprint density at radius 1 is 1.60 bits per heavy atom. The van der Waals surface area contributed by atoms with E-state index in [1.165, 1.54) is 0 Å². The second-order valence-electron chi connectivity index (χ2n) is 3.24. The van der Waals surface area contributed by atoms with Crippen LogP contribution in [0, 0.1) is 0 Å². The lowest BCUT2D eigenvalue weighted by atomic mass is 10.3. The van der Waals surface area contributed by atoms with Gasteiger partial charge in [-0.25, -0.2) is 4.39 Å². The minimum atomic E-state index is -0.539. The Morgan fingerprint density at radius 2 is 2.10 bits per heavy atom. The molecule has 10 heavy (non-hydrogen) atoms. The summed E-state index contributed by atoms with van der Waals surface area (Å²) in [6.45, 7) is 7.30. The molecule has 1 nitrogen and oxygen atoms in total. The Bertz CT molecular complexity index is 114. The molecule has 0 N–H and O–H groups in total. The van der Waals surface area contributed by atoms with Gasteiger partial charge in [0.15, 0.2) is 0 Å². The summed E-state index contributed by atoms with van der Waals surface area (Å²) >= 11 is 0. The Morgan fingerprint density at radius 3 is 2.20 bits per heavy atom. The molecule has 2 atom stereocenters. The van der Waals surface area contributed by atoms with Gasteiger partial charge >= 0.3 is 0 Å². The van der Waals surface area contributed by atoms with E-state index >= 15 is 0 Å². The van der Waals surface area contributed by atoms with Gasteiger partial charge in [-0.15, -0.1) is 0 Å². The van der Waals surface area contributed by atoms with Crippen molar-refractivity contribution in [3.63, 3.8) is 0 Å². The Labute approximate surface area is 62.2 Å². The van der Waals surface area contributed by atoms with Crippen LogP contribution in [0.1, 0.15) is 27.2 Å². The average molecular weight is 145 g/mol. The third-order valence-corrected chi connectivity index (χ3v) is 2.14. The highest BCUT2D eigenvalue weighted by atomic mass is 19.1. The lowest BCUT2D eigenvalue weighted by molar-refractivity contribution is 0.202. The number of alkyl halides is 1. The second-order valence-corrected chi connectivity index (χ2v) is 3.24. The fourth-order valence-electron chi connectivity index (χ4n) is 1.48. The minimum Gasteiger partial charge on any atom is -0.295 e. The van der Waals surface area contributed by atoms with Gasteiger partial charge in [0.2, 0.25) is 0 Å². The SMILES string of the molecule is CCN(C(C)C)C1CC1F. The van der Waals surface area contributed by atoms with Gasteiger partial charge in [-0.3, -0.25) is 4.90 Å². The normalized spacial score (nSPS) is 31.8. The monoisotopic (exact) mass is 145 g/mol. The predicted octanol–water partition coefficient (Wildman–Crippen LogP) is 1.83. The molecule has 0 aliphatic heterocycles. The summed E-state index contributed by atoms with van der Waals surface area (Å²) in [4.78, 5) is 2.21. The Kier molecular flexibility index (Phi) is 2.29. The highest BCUT2D eigenvalue weighted by molar-refractivity contribution is 4.96. The lowest BCUT2D eigenvalue weighted by Crippen LogP contribution is -2.33. The first-order chi connectivity index (χ1) is 4.66. The maximum absolute atomic E-state index is 12.5. The topological polar surface area (TPSA) is 3.24 Å². The van der Waals surface area contributed by atoms with Gasteiger partial charge in [0.1, 0.15) is 6.17 Å². The molecule has 0 aromatic heterocycles. The first kappa shape index (κ1) is 7.99. The van der Waals surface area contributed by atoms with Gasteiger partial charge in [-0.2, -0.15) is 0 Å². The summed E-state index contributed by atoms with van der Waals surface area (Å²) in [7, 11) is 0. The van der Waals surface area contributed by atoms with E-state index in [2.05, 4.69) is 25.7 Å². The second kappa shape index (κ2) is 2.87. The predicted molar refractivity (Wildman–Crippen MR) is 40.8 cm³/mol. The summed E-state index contributed by atoms with van der Waals surface area (Å²) in [5, 5.41) is 0. The zero-order chi connectivity index (χ0) is 7.72. The van der Waals surface area contributed by atoms with Crippen LogP contribution in [-0.2, 0) is 0 Å². The highest BCUT2D eigenvalue weighted by Crippen LogP contribution is 2.32. The number of nitrogens with zero attached hydrogens (tertiary/aromatic N) is 1. The van der Waals surface area contributed by atoms with Crippen molar-refractivity contribution in [2.45, 2.75) is 45.4 Å². The standard InChI is InChI=1S/C8H16FN/c1-4-10(6(2)3)8-5-7(8)9/h6-8H,4-5H2,1-3H3. The number of rotatable bonds is 3. The molecule has 0 spiro atoms. The molecule has 1 aliphatic carbocycles. The van der Waals surface area contributed by atoms with E-state index in [0.29, 0.717) is 6.04 Å². The highest BCUT2D eigenvalue weighted by Gasteiger charge is 2.42. The third-order valence-electron chi connectivity index (χ3n) is 2.14. The van der Waals surface area contributed by atoms with Gasteiger partial charge in [0, 0.05) is 12.1 Å². The summed E-state index contributed by atoms with van der Waals surface area (Å²) in [5.74, 6) is 0. The minimum absolute atomic E-state index is 0.241. The molecule has 0 amide bonds. The van der Waals surface area contributed by atoms with Gasteiger partial charge in [0.25, 0.3) is 0 Å². The molecule has 0 aromatic rings. The molecule has 0 radical (unpaired) electrons. The number of halogens is 1. The zero-order valence-corrected chi connectivity index (χ0v) is 6.97. The van der Waals surface area contributed by atoms with Gasteiger partial charge in [0.05, 0.1) is 0 Å². The van der Waals surface area contributed by atoms with E-state index in [9.17, 15) is 4.39 Å². The van der Waals surface area contributed by atoms with Crippen LogP contribution in [-0.4, -0.2) is 29.7 Å². The van der Waals surface area contributed by atoms with Crippen LogP contribution >= 0.6 is 0 Å². The van der Waals surface area contributed by atoms with Crippen molar-refractivity contribution in [2.24, 2.45) is 0 Å². The van der Waals surface area contributed by atoms with Crippen molar-refractivity contribution in [2.75, 3.05) is 6.54 Å². The molecule has 0 bridgehead atoms. The van der Waals surface area contributed by atoms with Crippen LogP contribution in [0.4, 0.5) is 4.39 Å². The van der Waals surface area contributed by atoms with Crippen molar-refractivity contribution in [3.8, 4) is 0 Å². The molecule has 0 aromatic carbocycles. The summed E-state index contributed by atoms with van der Waals surface area (Å²) in [6.07, 6.45) is 0.216. The van der Waals surface area contributed by atoms with Gasteiger partial charge < -0.3 is 0 Å². The largest absolute Gasteiger partial charge is 0.295 e. The average Bonchev–Trinajstić information content (AvgIpc) is 2.48. The van der Waals surface area contributed by atoms with Crippen LogP contribution in [0.15, 0.2) is 0 Å². The fourth-order valence-corrected chi connectivity index (χ4v) is 1.48. The summed E-state index contributed by atoms with van der Waals surface area (Å²) in [5.41, 5.74) is 0. The molecular formula is C8H16FN. The van der Waals surface area contributed by atoms with Crippen molar-refractivity contribution >= 4 is 0 Å². The van der Waals surface area contributed by atoms with Crippen LogP contribution in [0.2, 0.25) is 0 Å². The molecule has 2 unspecified atom stereocenters. The quantitative estimate of drug-likeness (QED) is 0.585. The van der Waals surface area contributed by atoms with E-state index in [4.69, 9.17) is 0 Å². The first-order valence-corrected chi connectivity index (χ1v) is 4.06. The van der Waals surface area contributed by atoms with Crippen molar-refractivity contribution < 1.29 is 4.39 Å². The molecule has 2 heteroatoms. The summed E-state index contributed by atoms with van der Waals surface area (Å²) in [6, 6.07) is 0.737. The molecule has 1 fully saturated rings. The van der Waals surface area contributed by atoms with Crippen molar-refractivity contribution in [1.82, 2.24) is 4.90 Å². The Balaban J connectivity index is 2.34. The van der Waals surface area contributed by atoms with E-state index in [1.807, 2.05) is 0 Å². The third kappa shape index (κ3) is 1.48. The smallest absolute Gasteiger partial charge is 0.117 e. The van der Waals surface area contributed by atoms with E-state index in [-0.39, 0.29) is 6.04 Å². The maximum Gasteiger partial charge on any atom is 0.117 e. The molecule has 0 heterocycles. The summed E-state index contributed by atoms with van der Waals surface area (Å²) < 4.78 is 12.5. The van der Waals surface area contributed by atoms with Crippen LogP contribution in [0.5, 0.6) is 0 Å². The zero-order valence-electron chi connectivity index (χ0n) is 6.97. The first-order valence-electron chi connectivity index (χ1n) is 4.06. The number of hydrogen-bond donors (Lipinski definition) is 0. The van der Waals surface area contributed by atoms with E-state index in [0.717, 1.165) is 13.0 Å². The molecule has 1 rings (SSSR count). The van der Waals surface area contributed by atoms with Crippen LogP contribution in [0.3, 0.4) is 0 Å². The van der Waals surface area contributed by atoms with Crippen molar-refractivity contribution in [1.29, 1.82) is 0 Å². The van der Waals surface area contributed by atoms with Crippen LogP contribution in [0.25, 0.3) is 0 Å². The van der Waals surface area contributed by atoms with E-state index < -0.39 is 6.17 Å². The van der Waals surface area contributed by atoms with Crippen LogP contribution < -0.4 is 0 Å². The van der Waals surface area contributed by atoms with Gasteiger partial charge in [-0.05, 0) is 26.8 Å². The molecular weight excluding hydrogens is 129 g/mol. The fraction of sp³-hybridized carbons (Fsp3) is 1.00. The van der Waals surface area contributed by atoms with Crippen molar-refractivity contribution in [3.05, 3.63) is 0 Å². The molecule has 0 saturated heterocycles. The maximum atomic E-state index is 12.5. The van der Waals surface area contributed by atoms with E-state index in [1.54, 1.807) is 0 Å². The molecule has 1 saturated carbocycles.